The third-order valence-electron chi connectivity index (χ3n) is 6.67. The Morgan fingerprint density at radius 3 is 2.45 bits per heavy atom. The minimum Gasteiger partial charge on any atom is -0.349 e. The van der Waals surface area contributed by atoms with Gasteiger partial charge in [0.25, 0.3) is 0 Å². The van der Waals surface area contributed by atoms with E-state index in [1.165, 1.54) is 17.5 Å². The highest BCUT2D eigenvalue weighted by molar-refractivity contribution is 7.88. The van der Waals surface area contributed by atoms with Crippen molar-refractivity contribution < 1.29 is 13.2 Å². The highest BCUT2D eigenvalue weighted by atomic mass is 32.2. The summed E-state index contributed by atoms with van der Waals surface area (Å²) in [7, 11) is -3.37. The van der Waals surface area contributed by atoms with Crippen LogP contribution in [0.5, 0.6) is 0 Å². The maximum atomic E-state index is 12.8. The van der Waals surface area contributed by atoms with Crippen LogP contribution in [0.25, 0.3) is 0 Å². The van der Waals surface area contributed by atoms with Crippen molar-refractivity contribution in [2.24, 2.45) is 5.92 Å². The first-order valence-electron chi connectivity index (χ1n) is 11.3. The molecule has 1 N–H and O–H groups in total. The van der Waals surface area contributed by atoms with E-state index in [-0.39, 0.29) is 23.6 Å². The molecule has 1 atom stereocenters. The number of benzene rings is 2. The van der Waals surface area contributed by atoms with Gasteiger partial charge in [0.1, 0.15) is 0 Å². The number of nitrogens with zero attached hydrogens (tertiary/aromatic N) is 1. The van der Waals surface area contributed by atoms with Gasteiger partial charge in [-0.05, 0) is 68.2 Å². The van der Waals surface area contributed by atoms with E-state index in [0.717, 1.165) is 29.5 Å². The average molecular weight is 441 g/mol. The highest BCUT2D eigenvalue weighted by Crippen LogP contribution is 2.27. The number of rotatable bonds is 6. The van der Waals surface area contributed by atoms with Crippen molar-refractivity contribution in [2.45, 2.75) is 57.7 Å². The Hall–Kier alpha value is -2.18. The first-order valence-corrected chi connectivity index (χ1v) is 12.9. The molecule has 1 aliphatic heterocycles. The number of hydrogen-bond acceptors (Lipinski definition) is 3. The van der Waals surface area contributed by atoms with E-state index in [0.29, 0.717) is 25.9 Å². The van der Waals surface area contributed by atoms with Gasteiger partial charge in [-0.2, -0.15) is 0 Å². The fourth-order valence-electron chi connectivity index (χ4n) is 4.66. The molecule has 4 rings (SSSR count). The normalized spacial score (nSPS) is 18.5. The second-order valence-corrected chi connectivity index (χ2v) is 11.0. The number of carbonyl (C=O) groups excluding carboxylic acids is 1. The quantitative estimate of drug-likeness (QED) is 0.741. The van der Waals surface area contributed by atoms with Crippen molar-refractivity contribution in [1.29, 1.82) is 0 Å². The molecule has 0 spiro atoms. The maximum Gasteiger partial charge on any atom is 0.223 e. The second-order valence-electron chi connectivity index (χ2n) is 9.03. The SMILES string of the molecule is Cc1ccc(CS(=O)(=O)N2CCC(C(=O)N[C@@H](C)c3ccc4c(c3)CCC4)CC2)cc1. The van der Waals surface area contributed by atoms with Gasteiger partial charge in [0, 0.05) is 19.0 Å². The minimum atomic E-state index is -3.37. The maximum absolute atomic E-state index is 12.8. The van der Waals surface area contributed by atoms with Gasteiger partial charge in [-0.25, -0.2) is 12.7 Å². The van der Waals surface area contributed by atoms with E-state index in [1.54, 1.807) is 4.31 Å². The molecule has 1 aliphatic carbocycles. The van der Waals surface area contributed by atoms with Crippen molar-refractivity contribution in [1.82, 2.24) is 9.62 Å². The lowest BCUT2D eigenvalue weighted by atomic mass is 9.96. The van der Waals surface area contributed by atoms with Crippen LogP contribution in [0.2, 0.25) is 0 Å². The number of sulfonamides is 1. The third-order valence-corrected chi connectivity index (χ3v) is 8.52. The first-order chi connectivity index (χ1) is 14.8. The van der Waals surface area contributed by atoms with Crippen molar-refractivity contribution in [3.05, 3.63) is 70.3 Å². The number of hydrogen-bond donors (Lipinski definition) is 1. The summed E-state index contributed by atoms with van der Waals surface area (Å²) in [6.45, 7) is 4.81. The molecule has 2 aliphatic rings. The Labute approximate surface area is 185 Å². The summed E-state index contributed by atoms with van der Waals surface area (Å²) in [5.41, 5.74) is 5.90. The second kappa shape index (κ2) is 9.13. The van der Waals surface area contributed by atoms with Crippen molar-refractivity contribution in [3.8, 4) is 0 Å². The van der Waals surface area contributed by atoms with Gasteiger partial charge in [0.2, 0.25) is 15.9 Å². The summed E-state index contributed by atoms with van der Waals surface area (Å²) < 4.78 is 27.1. The lowest BCUT2D eigenvalue weighted by Gasteiger charge is -2.31. The summed E-state index contributed by atoms with van der Waals surface area (Å²) in [4.78, 5) is 12.8. The van der Waals surface area contributed by atoms with Crippen LogP contribution < -0.4 is 5.32 Å². The number of nitrogens with one attached hydrogen (secondary N) is 1. The lowest BCUT2D eigenvalue weighted by molar-refractivity contribution is -0.126. The molecule has 0 bridgehead atoms. The predicted octanol–water partition coefficient (Wildman–Crippen LogP) is 3.90. The number of carbonyl (C=O) groups is 1. The number of amides is 1. The molecule has 1 heterocycles. The Bertz CT molecular complexity index is 1040. The summed E-state index contributed by atoms with van der Waals surface area (Å²) in [6.07, 6.45) is 4.62. The van der Waals surface area contributed by atoms with Gasteiger partial charge >= 0.3 is 0 Å². The molecule has 2 aromatic rings. The highest BCUT2D eigenvalue weighted by Gasteiger charge is 2.31. The van der Waals surface area contributed by atoms with Crippen LogP contribution in [0.15, 0.2) is 42.5 Å². The van der Waals surface area contributed by atoms with Crippen LogP contribution in [0.3, 0.4) is 0 Å². The molecule has 2 aromatic carbocycles. The summed E-state index contributed by atoms with van der Waals surface area (Å²) >= 11 is 0. The molecule has 0 radical (unpaired) electrons. The van der Waals surface area contributed by atoms with E-state index in [1.807, 2.05) is 38.1 Å². The Balaban J connectivity index is 1.30. The van der Waals surface area contributed by atoms with Gasteiger partial charge in [0.15, 0.2) is 0 Å². The van der Waals surface area contributed by atoms with Crippen LogP contribution in [-0.2, 0) is 33.4 Å². The van der Waals surface area contributed by atoms with Gasteiger partial charge < -0.3 is 5.32 Å². The summed E-state index contributed by atoms with van der Waals surface area (Å²) in [5.74, 6) is -0.0919. The van der Waals surface area contributed by atoms with Crippen molar-refractivity contribution in [2.75, 3.05) is 13.1 Å². The van der Waals surface area contributed by atoms with E-state index >= 15 is 0 Å². The van der Waals surface area contributed by atoms with Crippen LogP contribution in [0, 0.1) is 12.8 Å². The van der Waals surface area contributed by atoms with Crippen LogP contribution in [-0.4, -0.2) is 31.7 Å². The zero-order chi connectivity index (χ0) is 22.0. The Kier molecular flexibility index (Phi) is 6.49. The molecule has 31 heavy (non-hydrogen) atoms. The van der Waals surface area contributed by atoms with E-state index in [4.69, 9.17) is 0 Å². The molecule has 0 aromatic heterocycles. The molecule has 1 fully saturated rings. The Morgan fingerprint density at radius 1 is 1.06 bits per heavy atom. The van der Waals surface area contributed by atoms with Gasteiger partial charge in [-0.3, -0.25) is 4.79 Å². The lowest BCUT2D eigenvalue weighted by Crippen LogP contribution is -2.43. The number of fused-ring (bicyclic) bond motifs is 1. The number of aryl methyl sites for hydroxylation is 3. The molecule has 166 valence electrons. The summed E-state index contributed by atoms with van der Waals surface area (Å²) in [6, 6.07) is 14.1. The third kappa shape index (κ3) is 5.18. The topological polar surface area (TPSA) is 66.5 Å². The molecule has 6 heteroatoms. The fraction of sp³-hybridized carbons (Fsp3) is 0.480. The molecular formula is C25H32N2O3S. The van der Waals surface area contributed by atoms with Crippen LogP contribution in [0.1, 0.15) is 60.0 Å². The van der Waals surface area contributed by atoms with E-state index in [2.05, 4.69) is 23.5 Å². The molecule has 1 saturated heterocycles. The zero-order valence-corrected chi connectivity index (χ0v) is 19.2. The molecule has 0 unspecified atom stereocenters. The first kappa shape index (κ1) is 22.0. The fourth-order valence-corrected chi connectivity index (χ4v) is 6.22. The number of piperidine rings is 1. The summed E-state index contributed by atoms with van der Waals surface area (Å²) in [5, 5.41) is 3.15. The van der Waals surface area contributed by atoms with Crippen LogP contribution in [0.4, 0.5) is 0 Å². The van der Waals surface area contributed by atoms with E-state index in [9.17, 15) is 13.2 Å². The molecule has 0 saturated carbocycles. The van der Waals surface area contributed by atoms with Gasteiger partial charge in [-0.15, -0.1) is 0 Å². The molecule has 5 nitrogen and oxygen atoms in total. The van der Waals surface area contributed by atoms with E-state index < -0.39 is 10.0 Å². The van der Waals surface area contributed by atoms with Crippen LogP contribution >= 0.6 is 0 Å². The standard InChI is InChI=1S/C25H32N2O3S/c1-18-6-8-20(9-7-18)17-31(29,30)27-14-12-22(13-15-27)25(28)26-19(2)23-11-10-21-4-3-5-24(21)16-23/h6-11,16,19,22H,3-5,12-15,17H2,1-2H3,(H,26,28)/t19-/m0/s1. The van der Waals surface area contributed by atoms with Crippen molar-refractivity contribution in [3.63, 3.8) is 0 Å². The van der Waals surface area contributed by atoms with Gasteiger partial charge in [0.05, 0.1) is 11.8 Å². The largest absolute Gasteiger partial charge is 0.349 e. The monoisotopic (exact) mass is 440 g/mol. The Morgan fingerprint density at radius 2 is 1.74 bits per heavy atom. The smallest absolute Gasteiger partial charge is 0.223 e. The molecular weight excluding hydrogens is 408 g/mol. The zero-order valence-electron chi connectivity index (χ0n) is 18.4. The predicted molar refractivity (Wildman–Crippen MR) is 123 cm³/mol. The average Bonchev–Trinajstić information content (AvgIpc) is 3.23. The molecule has 1 amide bonds. The minimum absolute atomic E-state index is 0.0134. The van der Waals surface area contributed by atoms with Gasteiger partial charge in [-0.1, -0.05) is 48.0 Å². The van der Waals surface area contributed by atoms with Crippen molar-refractivity contribution >= 4 is 15.9 Å².